The van der Waals surface area contributed by atoms with Crippen LogP contribution in [0.2, 0.25) is 15.1 Å². The van der Waals surface area contributed by atoms with Gasteiger partial charge in [0, 0.05) is 16.5 Å². The lowest BCUT2D eigenvalue weighted by atomic mass is 9.84. The minimum atomic E-state index is -4.62. The summed E-state index contributed by atoms with van der Waals surface area (Å²) in [7, 11) is 0. The zero-order chi connectivity index (χ0) is 26.6. The maximum Gasteiger partial charge on any atom is 0.399 e. The highest BCUT2D eigenvalue weighted by Crippen LogP contribution is 2.41. The van der Waals surface area contributed by atoms with Gasteiger partial charge in [-0.15, -0.1) is 0 Å². The summed E-state index contributed by atoms with van der Waals surface area (Å²) < 4.78 is 41.6. The Bertz CT molecular complexity index is 1180. The largest absolute Gasteiger partial charge is 0.399 e. The van der Waals surface area contributed by atoms with Crippen molar-refractivity contribution in [2.45, 2.75) is 32.4 Å². The molecule has 0 spiro atoms. The molecule has 2 rings (SSSR count). The molecule has 0 aliphatic rings. The number of rotatable bonds is 8. The molecule has 35 heavy (non-hydrogen) atoms. The van der Waals surface area contributed by atoms with Crippen LogP contribution in [0.5, 0.6) is 0 Å². The molecular weight excluding hydrogens is 592 g/mol. The lowest BCUT2D eigenvalue weighted by Crippen LogP contribution is -2.38. The zero-order valence-corrected chi connectivity index (χ0v) is 22.3. The van der Waals surface area contributed by atoms with Gasteiger partial charge in [-0.1, -0.05) is 82.8 Å². The Morgan fingerprint density at radius 2 is 1.74 bits per heavy atom. The van der Waals surface area contributed by atoms with Crippen LogP contribution in [0, 0.1) is 16.7 Å². The molecule has 1 unspecified atom stereocenters. The monoisotopic (exact) mass is 608 g/mol. The van der Waals surface area contributed by atoms with Gasteiger partial charge in [-0.25, -0.2) is 0 Å². The van der Waals surface area contributed by atoms with Crippen LogP contribution in [-0.2, 0) is 4.79 Å². The molecule has 2 aromatic rings. The number of nitrogens with zero attached hydrogens (tertiary/aromatic N) is 1. The highest BCUT2D eigenvalue weighted by Gasteiger charge is 2.39. The smallest absolute Gasteiger partial charge is 0.343 e. The fourth-order valence-corrected chi connectivity index (χ4v) is 4.40. The summed E-state index contributed by atoms with van der Waals surface area (Å²) in [4.78, 5) is 25.0. The van der Waals surface area contributed by atoms with Gasteiger partial charge in [-0.05, 0) is 35.4 Å². The van der Waals surface area contributed by atoms with Gasteiger partial charge < -0.3 is 5.32 Å². The van der Waals surface area contributed by atoms with Gasteiger partial charge in [0.1, 0.15) is 6.54 Å². The van der Waals surface area contributed by atoms with E-state index in [1.807, 2.05) is 0 Å². The lowest BCUT2D eigenvalue weighted by Gasteiger charge is -2.22. The minimum Gasteiger partial charge on any atom is -0.343 e. The summed E-state index contributed by atoms with van der Waals surface area (Å²) in [5.41, 5.74) is -0.560. The van der Waals surface area contributed by atoms with E-state index in [1.54, 1.807) is 19.9 Å². The van der Waals surface area contributed by atoms with Gasteiger partial charge in [-0.2, -0.15) is 18.4 Å². The van der Waals surface area contributed by atoms with E-state index in [-0.39, 0.29) is 44.9 Å². The average Bonchev–Trinajstić information content (AvgIpc) is 2.74. The van der Waals surface area contributed by atoms with Crippen molar-refractivity contribution in [2.75, 3.05) is 6.54 Å². The van der Waals surface area contributed by atoms with Crippen molar-refractivity contribution in [3.63, 3.8) is 0 Å². The zero-order valence-electron chi connectivity index (χ0n) is 18.4. The summed E-state index contributed by atoms with van der Waals surface area (Å²) in [5.74, 6) is -2.78. The third-order valence-corrected chi connectivity index (χ3v) is 6.89. The van der Waals surface area contributed by atoms with Gasteiger partial charge in [-0.3, -0.25) is 9.59 Å². The van der Waals surface area contributed by atoms with Crippen molar-refractivity contribution >= 4 is 68.5 Å². The molecule has 186 valence electrons. The lowest BCUT2D eigenvalue weighted by molar-refractivity contribution is -0.139. The van der Waals surface area contributed by atoms with E-state index in [1.165, 1.54) is 24.3 Å². The fourth-order valence-electron chi connectivity index (χ4n) is 3.17. The van der Waals surface area contributed by atoms with E-state index >= 15 is 0 Å². The van der Waals surface area contributed by atoms with Crippen molar-refractivity contribution < 1.29 is 22.8 Å². The minimum absolute atomic E-state index is 0.0307. The van der Waals surface area contributed by atoms with Crippen molar-refractivity contribution in [1.29, 1.82) is 5.26 Å². The molecule has 0 saturated heterocycles. The van der Waals surface area contributed by atoms with Crippen LogP contribution >= 0.6 is 50.7 Å². The van der Waals surface area contributed by atoms with Gasteiger partial charge in [0.15, 0.2) is 5.78 Å². The number of nitriles is 1. The predicted octanol–water partition coefficient (Wildman–Crippen LogP) is 8.01. The normalized spacial score (nSPS) is 12.9. The molecule has 11 heteroatoms. The summed E-state index contributed by atoms with van der Waals surface area (Å²) in [5, 5.41) is 10.8. The van der Waals surface area contributed by atoms with Crippen LogP contribution in [0.4, 0.5) is 13.2 Å². The Kier molecular flexibility index (Phi) is 9.83. The first-order valence-corrected chi connectivity index (χ1v) is 12.0. The average molecular weight is 611 g/mol. The van der Waals surface area contributed by atoms with Crippen molar-refractivity contribution in [3.8, 4) is 6.07 Å². The molecule has 0 aliphatic heterocycles. The Morgan fingerprint density at radius 1 is 1.14 bits per heavy atom. The Balaban J connectivity index is 2.28. The van der Waals surface area contributed by atoms with Crippen LogP contribution < -0.4 is 5.32 Å². The second kappa shape index (κ2) is 11.8. The number of carbonyl (C=O) groups is 2. The number of nitrogens with one attached hydrogen (secondary N) is 1. The predicted molar refractivity (Wildman–Crippen MR) is 135 cm³/mol. The molecule has 0 heterocycles. The Morgan fingerprint density at radius 3 is 2.26 bits per heavy atom. The van der Waals surface area contributed by atoms with E-state index < -0.39 is 23.4 Å². The van der Waals surface area contributed by atoms with Crippen LogP contribution in [-0.4, -0.2) is 24.4 Å². The third kappa shape index (κ3) is 7.71. The maximum atomic E-state index is 13.7. The van der Waals surface area contributed by atoms with E-state index in [0.29, 0.717) is 10.0 Å². The van der Waals surface area contributed by atoms with Crippen LogP contribution in [0.1, 0.15) is 47.7 Å². The molecule has 0 radical (unpaired) electrons. The van der Waals surface area contributed by atoms with Crippen molar-refractivity contribution in [2.24, 2.45) is 5.41 Å². The Labute approximate surface area is 224 Å². The Hall–Kier alpha value is -2.05. The maximum absolute atomic E-state index is 13.7. The molecule has 4 nitrogen and oxygen atoms in total. The standard InChI is InChI=1S/C24H19BrCl3F3N2O2/c1-23(2,22(35)33-8-7-32)12-20(34)15-5-3-13(9-17(15)25)4-6-16(24(29,30)31)14-10-18(26)21(28)19(27)11-14/h3-6,9-11,16H,8,12H2,1-2H3,(H,33,35)/b6-4+. The first-order chi connectivity index (χ1) is 16.2. The van der Waals surface area contributed by atoms with E-state index in [0.717, 1.165) is 18.2 Å². The topological polar surface area (TPSA) is 70.0 Å². The number of Topliss-reactive ketones (excluding diaryl/α,β-unsaturated/α-hetero) is 1. The van der Waals surface area contributed by atoms with E-state index in [9.17, 15) is 22.8 Å². The van der Waals surface area contributed by atoms with E-state index in [2.05, 4.69) is 21.2 Å². The number of amides is 1. The van der Waals surface area contributed by atoms with Crippen LogP contribution in [0.15, 0.2) is 40.9 Å². The number of alkyl halides is 3. The summed E-state index contributed by atoms with van der Waals surface area (Å²) in [6, 6.07) is 8.49. The molecule has 0 saturated carbocycles. The third-order valence-electron chi connectivity index (χ3n) is 5.04. The van der Waals surface area contributed by atoms with Gasteiger partial charge in [0.05, 0.1) is 32.5 Å². The molecule has 1 amide bonds. The number of halogens is 7. The second-order valence-electron chi connectivity index (χ2n) is 8.24. The summed E-state index contributed by atoms with van der Waals surface area (Å²) in [6.07, 6.45) is -2.53. The number of hydrogen-bond acceptors (Lipinski definition) is 3. The number of allylic oxidation sites excluding steroid dienone is 1. The van der Waals surface area contributed by atoms with Crippen molar-refractivity contribution in [1.82, 2.24) is 5.32 Å². The van der Waals surface area contributed by atoms with Crippen LogP contribution in [0.25, 0.3) is 6.08 Å². The summed E-state index contributed by atoms with van der Waals surface area (Å²) >= 11 is 20.9. The number of hydrogen-bond donors (Lipinski definition) is 1. The fraction of sp³-hybridized carbons (Fsp3) is 0.292. The van der Waals surface area contributed by atoms with E-state index in [4.69, 9.17) is 40.1 Å². The molecule has 2 aromatic carbocycles. The first kappa shape index (κ1) is 29.2. The van der Waals surface area contributed by atoms with Gasteiger partial charge in [0.25, 0.3) is 0 Å². The highest BCUT2D eigenvalue weighted by atomic mass is 79.9. The molecule has 0 bridgehead atoms. The number of carbonyl (C=O) groups excluding carboxylic acids is 2. The molecule has 1 N–H and O–H groups in total. The first-order valence-electron chi connectivity index (χ1n) is 10.0. The molecule has 1 atom stereocenters. The van der Waals surface area contributed by atoms with Gasteiger partial charge >= 0.3 is 6.18 Å². The molecule has 0 aromatic heterocycles. The molecular formula is C24H19BrCl3F3N2O2. The molecule has 0 aliphatic carbocycles. The highest BCUT2D eigenvalue weighted by molar-refractivity contribution is 9.10. The SMILES string of the molecule is CC(C)(CC(=O)c1ccc(/C=C/C(c2cc(Cl)c(Cl)c(Cl)c2)C(F)(F)F)cc1Br)C(=O)NCC#N. The van der Waals surface area contributed by atoms with Crippen molar-refractivity contribution in [3.05, 3.63) is 72.6 Å². The summed E-state index contributed by atoms with van der Waals surface area (Å²) in [6.45, 7) is 2.98. The van der Waals surface area contributed by atoms with Crippen LogP contribution in [0.3, 0.4) is 0 Å². The van der Waals surface area contributed by atoms with Gasteiger partial charge in [0.2, 0.25) is 5.91 Å². The second-order valence-corrected chi connectivity index (χ2v) is 10.3. The molecule has 0 fully saturated rings. The quantitative estimate of drug-likeness (QED) is 0.187. The number of ketones is 1. The number of benzene rings is 2.